The lowest BCUT2D eigenvalue weighted by Crippen LogP contribution is -2.58. The summed E-state index contributed by atoms with van der Waals surface area (Å²) in [5, 5.41) is 20.7. The van der Waals surface area contributed by atoms with E-state index < -0.39 is 11.8 Å². The Morgan fingerprint density at radius 2 is 1.90 bits per heavy atom. The number of ketones is 1. The molecular weight excluding hydrogens is 416 g/mol. The van der Waals surface area contributed by atoms with Crippen LogP contribution in [0.4, 0.5) is 4.79 Å². The second-order valence-electron chi connectivity index (χ2n) is 10.6. The molecule has 31 heavy (non-hydrogen) atoms. The van der Waals surface area contributed by atoms with E-state index in [4.69, 9.17) is 9.84 Å². The number of thioether (sulfide) groups is 1. The highest BCUT2D eigenvalue weighted by Gasteiger charge is 2.65. The molecule has 7 heteroatoms. The SMILES string of the molecule is CC(=O)S[C@@H]1CC2=CC(=O)CC[C@]2(C)[C@H]2CC[C@@]3(C)[C@@H](CC[C@@]3(O)CCOC(=O)O)[C@H]12. The number of hydrogen-bond acceptors (Lipinski definition) is 6. The average molecular weight is 451 g/mol. The van der Waals surface area contributed by atoms with Crippen molar-refractivity contribution >= 4 is 28.8 Å². The third-order valence-electron chi connectivity index (χ3n) is 9.34. The molecule has 0 amide bonds. The first-order chi connectivity index (χ1) is 14.5. The Balaban J connectivity index is 1.67. The number of carbonyl (C=O) groups excluding carboxylic acids is 2. The summed E-state index contributed by atoms with van der Waals surface area (Å²) in [7, 11) is 0. The Kier molecular flexibility index (Phi) is 5.83. The number of aliphatic hydroxyl groups is 1. The number of allylic oxidation sites excluding steroid dienone is 1. The van der Waals surface area contributed by atoms with E-state index in [-0.39, 0.29) is 39.5 Å². The van der Waals surface area contributed by atoms with Crippen LogP contribution in [0.1, 0.15) is 72.1 Å². The first kappa shape index (κ1) is 22.8. The Hall–Kier alpha value is -1.34. The summed E-state index contributed by atoms with van der Waals surface area (Å²) in [5.41, 5.74) is -0.0760. The molecule has 0 radical (unpaired) electrons. The molecule has 4 rings (SSSR count). The van der Waals surface area contributed by atoms with Crippen LogP contribution in [0.3, 0.4) is 0 Å². The van der Waals surface area contributed by atoms with Gasteiger partial charge in [-0.15, -0.1) is 0 Å². The summed E-state index contributed by atoms with van der Waals surface area (Å²) in [6, 6.07) is 0. The first-order valence-corrected chi connectivity index (χ1v) is 12.4. The molecule has 0 bridgehead atoms. The molecule has 7 atom stereocenters. The number of carboxylic acid groups (broad SMARTS) is 1. The van der Waals surface area contributed by atoms with E-state index in [9.17, 15) is 19.5 Å². The zero-order chi connectivity index (χ0) is 22.6. The zero-order valence-electron chi connectivity index (χ0n) is 18.7. The van der Waals surface area contributed by atoms with Crippen LogP contribution in [0.25, 0.3) is 0 Å². The first-order valence-electron chi connectivity index (χ1n) is 11.5. The third-order valence-corrected chi connectivity index (χ3v) is 10.5. The molecule has 0 saturated heterocycles. The molecule has 172 valence electrons. The van der Waals surface area contributed by atoms with Crippen molar-refractivity contribution in [2.75, 3.05) is 6.61 Å². The predicted octanol–water partition coefficient (Wildman–Crippen LogP) is 4.59. The quantitative estimate of drug-likeness (QED) is 0.604. The minimum atomic E-state index is -1.31. The van der Waals surface area contributed by atoms with Gasteiger partial charge < -0.3 is 14.9 Å². The van der Waals surface area contributed by atoms with E-state index in [0.717, 1.165) is 32.1 Å². The summed E-state index contributed by atoms with van der Waals surface area (Å²) in [4.78, 5) is 35.1. The number of hydrogen-bond donors (Lipinski definition) is 2. The normalized spacial score (nSPS) is 44.0. The summed E-state index contributed by atoms with van der Waals surface area (Å²) in [6.07, 6.45) is 6.42. The van der Waals surface area contributed by atoms with Crippen LogP contribution in [0.15, 0.2) is 11.6 Å². The smallest absolute Gasteiger partial charge is 0.450 e. The lowest BCUT2D eigenvalue weighted by molar-refractivity contribution is -0.135. The van der Waals surface area contributed by atoms with Gasteiger partial charge in [-0.1, -0.05) is 31.2 Å². The van der Waals surface area contributed by atoms with Crippen LogP contribution in [0.2, 0.25) is 0 Å². The van der Waals surface area contributed by atoms with Gasteiger partial charge in [0.15, 0.2) is 10.9 Å². The summed E-state index contributed by atoms with van der Waals surface area (Å²) in [5.74, 6) is 1.17. The number of ether oxygens (including phenoxy) is 1. The van der Waals surface area contributed by atoms with Crippen LogP contribution in [0.5, 0.6) is 0 Å². The van der Waals surface area contributed by atoms with Gasteiger partial charge in [0, 0.05) is 25.0 Å². The van der Waals surface area contributed by atoms with Crippen molar-refractivity contribution in [1.82, 2.24) is 0 Å². The molecule has 0 spiro atoms. The maximum Gasteiger partial charge on any atom is 0.505 e. The summed E-state index contributed by atoms with van der Waals surface area (Å²) >= 11 is 1.41. The zero-order valence-corrected chi connectivity index (χ0v) is 19.5. The van der Waals surface area contributed by atoms with Crippen molar-refractivity contribution in [1.29, 1.82) is 0 Å². The number of carbonyl (C=O) groups is 3. The highest BCUT2D eigenvalue weighted by molar-refractivity contribution is 8.14. The van der Waals surface area contributed by atoms with Crippen molar-refractivity contribution in [3.63, 3.8) is 0 Å². The van der Waals surface area contributed by atoms with Crippen LogP contribution in [-0.4, -0.2) is 44.7 Å². The molecule has 0 aromatic heterocycles. The van der Waals surface area contributed by atoms with Gasteiger partial charge in [-0.2, -0.15) is 0 Å². The van der Waals surface area contributed by atoms with Crippen molar-refractivity contribution in [2.24, 2.45) is 28.6 Å². The molecule has 6 nitrogen and oxygen atoms in total. The molecular formula is C24H34O6S. The fourth-order valence-corrected chi connectivity index (χ4v) is 8.89. The maximum absolute atomic E-state index is 12.2. The number of fused-ring (bicyclic) bond motifs is 5. The van der Waals surface area contributed by atoms with E-state index >= 15 is 0 Å². The summed E-state index contributed by atoms with van der Waals surface area (Å²) in [6.45, 7) is 6.09. The maximum atomic E-state index is 12.2. The van der Waals surface area contributed by atoms with Crippen LogP contribution in [-0.2, 0) is 14.3 Å². The molecule has 4 aliphatic carbocycles. The van der Waals surface area contributed by atoms with E-state index in [2.05, 4.69) is 13.8 Å². The second-order valence-corrected chi connectivity index (χ2v) is 12.0. The van der Waals surface area contributed by atoms with E-state index in [1.165, 1.54) is 17.3 Å². The molecule has 0 aromatic carbocycles. The fraction of sp³-hybridized carbons (Fsp3) is 0.792. The van der Waals surface area contributed by atoms with Crippen LogP contribution in [0, 0.1) is 28.6 Å². The molecule has 3 fully saturated rings. The van der Waals surface area contributed by atoms with Crippen molar-refractivity contribution in [3.05, 3.63) is 11.6 Å². The van der Waals surface area contributed by atoms with Crippen molar-refractivity contribution in [3.8, 4) is 0 Å². The molecule has 0 aliphatic heterocycles. The van der Waals surface area contributed by atoms with Crippen molar-refractivity contribution in [2.45, 2.75) is 83.0 Å². The largest absolute Gasteiger partial charge is 0.505 e. The van der Waals surface area contributed by atoms with Crippen molar-refractivity contribution < 1.29 is 29.3 Å². The van der Waals surface area contributed by atoms with Gasteiger partial charge in [0.25, 0.3) is 0 Å². The Morgan fingerprint density at radius 1 is 1.19 bits per heavy atom. The Labute approximate surface area is 188 Å². The Morgan fingerprint density at radius 3 is 2.58 bits per heavy atom. The van der Waals surface area contributed by atoms with Gasteiger partial charge in [-0.05, 0) is 73.2 Å². The molecule has 0 heterocycles. The molecule has 2 N–H and O–H groups in total. The lowest BCUT2D eigenvalue weighted by atomic mass is 9.46. The van der Waals surface area contributed by atoms with Gasteiger partial charge in [0.2, 0.25) is 0 Å². The fourth-order valence-electron chi connectivity index (χ4n) is 7.66. The highest BCUT2D eigenvalue weighted by atomic mass is 32.2. The lowest BCUT2D eigenvalue weighted by Gasteiger charge is -2.61. The van der Waals surface area contributed by atoms with E-state index in [1.807, 2.05) is 6.08 Å². The topological polar surface area (TPSA) is 101 Å². The van der Waals surface area contributed by atoms with Gasteiger partial charge in [-0.3, -0.25) is 9.59 Å². The molecule has 0 unspecified atom stereocenters. The van der Waals surface area contributed by atoms with Gasteiger partial charge in [0.05, 0.1) is 12.2 Å². The van der Waals surface area contributed by atoms with Crippen LogP contribution < -0.4 is 0 Å². The predicted molar refractivity (Wildman–Crippen MR) is 118 cm³/mol. The van der Waals surface area contributed by atoms with Gasteiger partial charge >= 0.3 is 6.16 Å². The Bertz CT molecular complexity index is 823. The van der Waals surface area contributed by atoms with E-state index in [0.29, 0.717) is 31.1 Å². The minimum absolute atomic E-state index is 0.000571. The average Bonchev–Trinajstić information content (AvgIpc) is 2.94. The minimum Gasteiger partial charge on any atom is -0.450 e. The van der Waals surface area contributed by atoms with Gasteiger partial charge in [0.1, 0.15) is 0 Å². The van der Waals surface area contributed by atoms with Gasteiger partial charge in [-0.25, -0.2) is 4.79 Å². The third kappa shape index (κ3) is 3.65. The van der Waals surface area contributed by atoms with E-state index in [1.54, 1.807) is 6.92 Å². The standard InChI is InChI=1S/C24H34O6S/c1-14(25)31-19-13-15-12-16(26)4-7-22(15,2)17-5-8-23(3)18(20(17)19)6-9-24(23,29)10-11-30-21(27)28/h12,17-20,29H,4-11,13H2,1-3H3,(H,27,28)/t17-,18-,19+,20+,22-,23-,24+/m0/s1. The summed E-state index contributed by atoms with van der Waals surface area (Å²) < 4.78 is 4.74. The second kappa shape index (κ2) is 7.91. The molecule has 3 saturated carbocycles. The highest BCUT2D eigenvalue weighted by Crippen LogP contribution is 2.69. The monoisotopic (exact) mass is 450 g/mol. The number of rotatable bonds is 4. The molecule has 0 aromatic rings. The molecule has 4 aliphatic rings. The van der Waals surface area contributed by atoms with Crippen LogP contribution >= 0.6 is 11.8 Å².